The van der Waals surface area contributed by atoms with Crippen LogP contribution >= 0.6 is 0 Å². The van der Waals surface area contributed by atoms with Crippen LogP contribution in [-0.4, -0.2) is 32.3 Å². The Balaban J connectivity index is 2.52. The minimum atomic E-state index is -1.22. The molecule has 2 rings (SSSR count). The van der Waals surface area contributed by atoms with Crippen molar-refractivity contribution in [3.05, 3.63) is 52.7 Å². The van der Waals surface area contributed by atoms with Crippen LogP contribution in [-0.2, 0) is 0 Å². The van der Waals surface area contributed by atoms with Crippen LogP contribution in [0.25, 0.3) is 0 Å². The van der Waals surface area contributed by atoms with Gasteiger partial charge in [0.05, 0.1) is 26.9 Å². The van der Waals surface area contributed by atoms with E-state index >= 15 is 0 Å². The molecule has 0 radical (unpaired) electrons. The highest BCUT2D eigenvalue weighted by atomic mass is 16.8. The molecule has 2 N–H and O–H groups in total. The van der Waals surface area contributed by atoms with E-state index in [2.05, 4.69) is 0 Å². The fourth-order valence-electron chi connectivity index (χ4n) is 2.14. The molecule has 23 heavy (non-hydrogen) atoms. The first-order valence-corrected chi connectivity index (χ1v) is 6.70. The Labute approximate surface area is 133 Å². The first-order valence-electron chi connectivity index (χ1n) is 6.70. The molecule has 0 aliphatic rings. The van der Waals surface area contributed by atoms with Crippen LogP contribution in [0.15, 0.2) is 36.4 Å². The lowest BCUT2D eigenvalue weighted by Crippen LogP contribution is -2.99. The van der Waals surface area contributed by atoms with Gasteiger partial charge in [0.15, 0.2) is 23.0 Å². The fraction of sp³-hybridized carbons (Fsp3) is 0.188. The Morgan fingerprint density at radius 2 is 1.57 bits per heavy atom. The minimum absolute atomic E-state index is 0.0281. The second kappa shape index (κ2) is 7.10. The van der Waals surface area contributed by atoms with Crippen molar-refractivity contribution in [2.75, 3.05) is 21.3 Å². The van der Waals surface area contributed by atoms with Crippen molar-refractivity contribution in [1.82, 2.24) is 0 Å². The number of hydrogen-bond acceptors (Lipinski definition) is 6. The lowest BCUT2D eigenvalue weighted by atomic mass is 10.0. The molecule has 122 valence electrons. The molecule has 0 bridgehead atoms. The second-order valence-corrected chi connectivity index (χ2v) is 4.62. The van der Waals surface area contributed by atoms with Gasteiger partial charge in [0, 0.05) is 17.7 Å². The quantitative estimate of drug-likeness (QED) is 0.617. The van der Waals surface area contributed by atoms with Gasteiger partial charge in [0.1, 0.15) is 5.75 Å². The Hall–Kier alpha value is -2.61. The molecule has 7 heteroatoms. The molecule has 0 aliphatic heterocycles. The summed E-state index contributed by atoms with van der Waals surface area (Å²) in [5.41, 5.74) is 0.226. The van der Waals surface area contributed by atoms with Crippen molar-refractivity contribution in [1.29, 1.82) is 0 Å². The maximum atomic E-state index is 12.6. The van der Waals surface area contributed by atoms with Crippen LogP contribution in [0.5, 0.6) is 17.2 Å². The van der Waals surface area contributed by atoms with E-state index in [0.717, 1.165) is 0 Å². The number of carbonyl (C=O) groups is 1. The third-order valence-corrected chi connectivity index (χ3v) is 3.35. The van der Waals surface area contributed by atoms with Crippen molar-refractivity contribution in [3.63, 3.8) is 0 Å². The summed E-state index contributed by atoms with van der Waals surface area (Å²) in [5.74, 6) is 0.712. The average Bonchev–Trinajstić information content (AvgIpc) is 2.59. The number of hydrogen-bond donors (Lipinski definition) is 2. The zero-order chi connectivity index (χ0) is 17.0. The van der Waals surface area contributed by atoms with Gasteiger partial charge in [-0.1, -0.05) is 0 Å². The molecule has 2 aromatic carbocycles. The number of nitrogens with one attached hydrogen (secondary N) is 1. The second-order valence-electron chi connectivity index (χ2n) is 4.62. The Bertz CT molecular complexity index is 696. The van der Waals surface area contributed by atoms with E-state index in [1.807, 2.05) is 0 Å². The third kappa shape index (κ3) is 3.42. The van der Waals surface area contributed by atoms with Gasteiger partial charge in [-0.15, -0.1) is 0 Å². The molecule has 1 unspecified atom stereocenters. The molecule has 7 nitrogen and oxygen atoms in total. The molecule has 1 atom stereocenters. The standard InChI is InChI=1S/C16H17NO6/c1-21-11-6-4-10(5-7-11)16(18)12-8-14(22-2)15(23-3)9-13(12)17(19)20/h4-9,17,19H,1-3H3. The van der Waals surface area contributed by atoms with E-state index < -0.39 is 11.0 Å². The Kier molecular flexibility index (Phi) is 5.17. The molecule has 0 spiro atoms. The van der Waals surface area contributed by atoms with Gasteiger partial charge in [0.25, 0.3) is 0 Å². The van der Waals surface area contributed by atoms with Gasteiger partial charge >= 0.3 is 0 Å². The smallest absolute Gasteiger partial charge is 0.199 e. The van der Waals surface area contributed by atoms with E-state index in [-0.39, 0.29) is 22.7 Å². The summed E-state index contributed by atoms with van der Waals surface area (Å²) in [6.45, 7) is 0. The van der Waals surface area contributed by atoms with Crippen molar-refractivity contribution < 1.29 is 29.4 Å². The molecule has 2 aromatic rings. The molecule has 0 amide bonds. The summed E-state index contributed by atoms with van der Waals surface area (Å²) in [7, 11) is 4.34. The summed E-state index contributed by atoms with van der Waals surface area (Å²) in [5, 5.41) is 19.6. The number of ketones is 1. The van der Waals surface area contributed by atoms with E-state index in [1.54, 1.807) is 24.3 Å². The summed E-state index contributed by atoms with van der Waals surface area (Å²) in [4.78, 5) is 12.6. The van der Waals surface area contributed by atoms with E-state index in [4.69, 9.17) is 14.2 Å². The summed E-state index contributed by atoms with van der Waals surface area (Å²) in [6.07, 6.45) is 0. The normalized spacial score (nSPS) is 11.7. The highest BCUT2D eigenvalue weighted by Crippen LogP contribution is 2.33. The van der Waals surface area contributed by atoms with Crippen LogP contribution in [0, 0.1) is 5.21 Å². The van der Waals surface area contributed by atoms with Crippen LogP contribution in [0.3, 0.4) is 0 Å². The number of carbonyl (C=O) groups excluding carboxylic acids is 1. The molecule has 0 heterocycles. The molecule has 0 aromatic heterocycles. The SMILES string of the molecule is COc1ccc(C(=O)c2cc(OC)c(OC)cc2[NH+]([O-])O)cc1. The van der Waals surface area contributed by atoms with Crippen molar-refractivity contribution in [2.45, 2.75) is 0 Å². The van der Waals surface area contributed by atoms with Crippen LogP contribution < -0.4 is 19.4 Å². The maximum Gasteiger partial charge on any atom is 0.199 e. The first-order chi connectivity index (χ1) is 11.0. The predicted molar refractivity (Wildman–Crippen MR) is 81.7 cm³/mol. The zero-order valence-electron chi connectivity index (χ0n) is 13.0. The van der Waals surface area contributed by atoms with Gasteiger partial charge in [0.2, 0.25) is 0 Å². The van der Waals surface area contributed by atoms with Crippen molar-refractivity contribution in [2.24, 2.45) is 0 Å². The van der Waals surface area contributed by atoms with Gasteiger partial charge in [-0.05, 0) is 24.3 Å². The first kappa shape index (κ1) is 16.8. The maximum absolute atomic E-state index is 12.6. The molecular formula is C16H17NO6. The number of benzene rings is 2. The molecule has 0 aliphatic carbocycles. The lowest BCUT2D eigenvalue weighted by molar-refractivity contribution is -0.991. The zero-order valence-corrected chi connectivity index (χ0v) is 13.0. The fourth-order valence-corrected chi connectivity index (χ4v) is 2.14. The van der Waals surface area contributed by atoms with Crippen molar-refractivity contribution >= 4 is 11.5 Å². The molecular weight excluding hydrogens is 302 g/mol. The van der Waals surface area contributed by atoms with Gasteiger partial charge in [-0.2, -0.15) is 5.23 Å². The summed E-state index contributed by atoms with van der Waals surface area (Å²) < 4.78 is 15.3. The van der Waals surface area contributed by atoms with Gasteiger partial charge in [-0.25, -0.2) is 5.21 Å². The van der Waals surface area contributed by atoms with Gasteiger partial charge < -0.3 is 19.4 Å². The predicted octanol–water partition coefficient (Wildman–Crippen LogP) is 1.35. The van der Waals surface area contributed by atoms with Crippen LogP contribution in [0.2, 0.25) is 0 Å². The highest BCUT2D eigenvalue weighted by Gasteiger charge is 2.22. The number of rotatable bonds is 6. The topological polar surface area (TPSA) is 92.5 Å². The minimum Gasteiger partial charge on any atom is -0.595 e. The summed E-state index contributed by atoms with van der Waals surface area (Å²) >= 11 is 0. The molecule has 0 saturated carbocycles. The monoisotopic (exact) mass is 319 g/mol. The number of methoxy groups -OCH3 is 3. The van der Waals surface area contributed by atoms with Gasteiger partial charge in [-0.3, -0.25) is 4.79 Å². The van der Waals surface area contributed by atoms with E-state index in [1.165, 1.54) is 33.5 Å². The van der Waals surface area contributed by atoms with Crippen LogP contribution in [0.1, 0.15) is 15.9 Å². The molecule has 0 fully saturated rings. The Morgan fingerprint density at radius 3 is 2.04 bits per heavy atom. The number of ether oxygens (including phenoxy) is 3. The largest absolute Gasteiger partial charge is 0.595 e. The molecule has 0 saturated heterocycles. The Morgan fingerprint density at radius 1 is 1.00 bits per heavy atom. The lowest BCUT2D eigenvalue weighted by Gasteiger charge is -2.18. The third-order valence-electron chi connectivity index (χ3n) is 3.35. The van der Waals surface area contributed by atoms with Crippen molar-refractivity contribution in [3.8, 4) is 17.2 Å². The van der Waals surface area contributed by atoms with Crippen LogP contribution in [0.4, 0.5) is 5.69 Å². The summed E-state index contributed by atoms with van der Waals surface area (Å²) in [6, 6.07) is 9.06. The van der Waals surface area contributed by atoms with E-state index in [9.17, 15) is 15.2 Å². The van der Waals surface area contributed by atoms with E-state index in [0.29, 0.717) is 11.3 Å². The highest BCUT2D eigenvalue weighted by molar-refractivity contribution is 6.12. The average molecular weight is 319 g/mol. The number of quaternary nitrogens is 1.